The smallest absolute Gasteiger partial charge is 0.236 e. The molecule has 2 aromatic carbocycles. The summed E-state index contributed by atoms with van der Waals surface area (Å²) >= 11 is 0. The van der Waals surface area contributed by atoms with Gasteiger partial charge in [-0.05, 0) is 43.0 Å². The number of benzene rings is 2. The molecule has 3 rings (SSSR count). The lowest BCUT2D eigenvalue weighted by Gasteiger charge is -2.29. The average Bonchev–Trinajstić information content (AvgIpc) is 2.81. The second-order valence-electron chi connectivity index (χ2n) is 7.83. The fourth-order valence-electron chi connectivity index (χ4n) is 3.67. The van der Waals surface area contributed by atoms with Crippen molar-refractivity contribution in [3.8, 4) is 0 Å². The molecule has 1 fully saturated rings. The van der Waals surface area contributed by atoms with Gasteiger partial charge in [-0.25, -0.2) is 8.42 Å². The van der Waals surface area contributed by atoms with Gasteiger partial charge < -0.3 is 10.2 Å². The van der Waals surface area contributed by atoms with Crippen molar-refractivity contribution in [2.24, 2.45) is 5.92 Å². The number of nitrogens with zero attached hydrogens (tertiary/aromatic N) is 2. The van der Waals surface area contributed by atoms with E-state index in [0.29, 0.717) is 32.5 Å². The SMILES string of the molecule is CN(CCCNC(=O)C1CCN(S(=O)(=O)/C=C/c2ccccc2)CC1)c1ccccc1. The maximum Gasteiger partial charge on any atom is 0.236 e. The second kappa shape index (κ2) is 11.1. The predicted molar refractivity (Wildman–Crippen MR) is 126 cm³/mol. The number of hydrogen-bond acceptors (Lipinski definition) is 4. The first-order valence-corrected chi connectivity index (χ1v) is 12.2. The van der Waals surface area contributed by atoms with E-state index in [2.05, 4.69) is 22.3 Å². The molecule has 1 saturated heterocycles. The lowest BCUT2D eigenvalue weighted by Crippen LogP contribution is -2.42. The summed E-state index contributed by atoms with van der Waals surface area (Å²) in [4.78, 5) is 14.6. The zero-order valence-corrected chi connectivity index (χ0v) is 18.8. The van der Waals surface area contributed by atoms with Gasteiger partial charge in [-0.15, -0.1) is 0 Å². The maximum atomic E-state index is 12.6. The Morgan fingerprint density at radius 1 is 1.06 bits per heavy atom. The van der Waals surface area contributed by atoms with Crippen LogP contribution in [0.4, 0.5) is 5.69 Å². The van der Waals surface area contributed by atoms with Crippen molar-refractivity contribution in [1.82, 2.24) is 9.62 Å². The van der Waals surface area contributed by atoms with Crippen LogP contribution in [-0.2, 0) is 14.8 Å². The molecule has 0 radical (unpaired) electrons. The highest BCUT2D eigenvalue weighted by Gasteiger charge is 2.29. The fourth-order valence-corrected chi connectivity index (χ4v) is 4.89. The van der Waals surface area contributed by atoms with Crippen molar-refractivity contribution < 1.29 is 13.2 Å². The zero-order valence-electron chi connectivity index (χ0n) is 18.0. The molecule has 1 N–H and O–H groups in total. The van der Waals surface area contributed by atoms with E-state index < -0.39 is 10.0 Å². The molecule has 1 heterocycles. The molecular formula is C24H31N3O3S. The van der Waals surface area contributed by atoms with Gasteiger partial charge in [0.15, 0.2) is 0 Å². The first kappa shape index (κ1) is 23.0. The van der Waals surface area contributed by atoms with Gasteiger partial charge in [-0.2, -0.15) is 4.31 Å². The number of hydrogen-bond donors (Lipinski definition) is 1. The van der Waals surface area contributed by atoms with Crippen molar-refractivity contribution in [1.29, 1.82) is 0 Å². The first-order chi connectivity index (χ1) is 15.0. The third-order valence-electron chi connectivity index (χ3n) is 5.58. The van der Waals surface area contributed by atoms with E-state index in [1.165, 1.54) is 9.71 Å². The molecule has 0 bridgehead atoms. The van der Waals surface area contributed by atoms with Crippen LogP contribution in [0.25, 0.3) is 6.08 Å². The quantitative estimate of drug-likeness (QED) is 0.606. The van der Waals surface area contributed by atoms with Gasteiger partial charge in [-0.1, -0.05) is 48.5 Å². The van der Waals surface area contributed by atoms with Gasteiger partial charge in [0, 0.05) is 50.2 Å². The third-order valence-corrected chi connectivity index (χ3v) is 7.15. The van der Waals surface area contributed by atoms with E-state index in [9.17, 15) is 13.2 Å². The summed E-state index contributed by atoms with van der Waals surface area (Å²) in [6, 6.07) is 19.5. The molecular weight excluding hydrogens is 410 g/mol. The summed E-state index contributed by atoms with van der Waals surface area (Å²) in [5.41, 5.74) is 2.00. The van der Waals surface area contributed by atoms with Gasteiger partial charge in [0.05, 0.1) is 0 Å². The monoisotopic (exact) mass is 441 g/mol. The number of rotatable bonds is 9. The Hall–Kier alpha value is -2.64. The van der Waals surface area contributed by atoms with Gasteiger partial charge in [-0.3, -0.25) is 4.79 Å². The fraction of sp³-hybridized carbons (Fsp3) is 0.375. The number of carbonyl (C=O) groups excluding carboxylic acids is 1. The molecule has 0 aromatic heterocycles. The average molecular weight is 442 g/mol. The van der Waals surface area contributed by atoms with Crippen LogP contribution < -0.4 is 10.2 Å². The highest BCUT2D eigenvalue weighted by atomic mass is 32.2. The molecule has 0 unspecified atom stereocenters. The molecule has 1 aliphatic rings. The topological polar surface area (TPSA) is 69.7 Å². The molecule has 0 saturated carbocycles. The summed E-state index contributed by atoms with van der Waals surface area (Å²) in [5, 5.41) is 4.27. The molecule has 31 heavy (non-hydrogen) atoms. The van der Waals surface area contributed by atoms with Crippen LogP contribution in [0.5, 0.6) is 0 Å². The van der Waals surface area contributed by atoms with E-state index in [4.69, 9.17) is 0 Å². The van der Waals surface area contributed by atoms with Gasteiger partial charge in [0.2, 0.25) is 15.9 Å². The van der Waals surface area contributed by atoms with Gasteiger partial charge >= 0.3 is 0 Å². The number of para-hydroxylation sites is 1. The van der Waals surface area contributed by atoms with E-state index >= 15 is 0 Å². The Balaban J connectivity index is 1.38. The third kappa shape index (κ3) is 6.94. The standard InChI is InChI=1S/C24H31N3O3S/c1-26(23-11-6-3-7-12-23)17-8-16-25-24(28)22-13-18-27(19-14-22)31(29,30)20-15-21-9-4-2-5-10-21/h2-7,9-12,15,20,22H,8,13-14,16-19H2,1H3,(H,25,28)/b20-15+. The Kier molecular flexibility index (Phi) is 8.26. The second-order valence-corrected chi connectivity index (χ2v) is 9.65. The number of amides is 1. The summed E-state index contributed by atoms with van der Waals surface area (Å²) in [6.07, 6.45) is 3.57. The number of anilines is 1. The summed E-state index contributed by atoms with van der Waals surface area (Å²) in [7, 11) is -1.43. The zero-order chi connectivity index (χ0) is 22.1. The van der Waals surface area contributed by atoms with Crippen LogP contribution in [-0.4, -0.2) is 51.9 Å². The lowest BCUT2D eigenvalue weighted by atomic mass is 9.97. The lowest BCUT2D eigenvalue weighted by molar-refractivity contribution is -0.126. The number of sulfonamides is 1. The van der Waals surface area contributed by atoms with Crippen LogP contribution in [0.1, 0.15) is 24.8 Å². The number of piperidine rings is 1. The highest BCUT2D eigenvalue weighted by Crippen LogP contribution is 2.21. The van der Waals surface area contributed by atoms with Crippen molar-refractivity contribution >= 4 is 27.7 Å². The minimum absolute atomic E-state index is 0.0271. The summed E-state index contributed by atoms with van der Waals surface area (Å²) in [6.45, 7) is 2.22. The summed E-state index contributed by atoms with van der Waals surface area (Å²) in [5.74, 6) is -0.101. The van der Waals surface area contributed by atoms with E-state index in [1.807, 2.05) is 55.6 Å². The molecule has 1 amide bonds. The van der Waals surface area contributed by atoms with Crippen LogP contribution >= 0.6 is 0 Å². The van der Waals surface area contributed by atoms with Crippen LogP contribution in [0, 0.1) is 5.92 Å². The van der Waals surface area contributed by atoms with Crippen molar-refractivity contribution in [3.05, 3.63) is 71.6 Å². The van der Waals surface area contributed by atoms with Gasteiger partial charge in [0.1, 0.15) is 0 Å². The molecule has 0 spiro atoms. The Morgan fingerprint density at radius 2 is 1.68 bits per heavy atom. The van der Waals surface area contributed by atoms with Crippen molar-refractivity contribution in [2.75, 3.05) is 38.1 Å². The molecule has 0 atom stereocenters. The molecule has 7 heteroatoms. The number of carbonyl (C=O) groups is 1. The normalized spacial score (nSPS) is 15.8. The largest absolute Gasteiger partial charge is 0.375 e. The number of nitrogens with one attached hydrogen (secondary N) is 1. The predicted octanol–water partition coefficient (Wildman–Crippen LogP) is 3.34. The summed E-state index contributed by atoms with van der Waals surface area (Å²) < 4.78 is 26.6. The van der Waals surface area contributed by atoms with Crippen molar-refractivity contribution in [2.45, 2.75) is 19.3 Å². The molecule has 6 nitrogen and oxygen atoms in total. The Bertz CT molecular complexity index is 954. The molecule has 1 aliphatic heterocycles. The minimum Gasteiger partial charge on any atom is -0.375 e. The van der Waals surface area contributed by atoms with Crippen molar-refractivity contribution in [3.63, 3.8) is 0 Å². The van der Waals surface area contributed by atoms with E-state index in [0.717, 1.165) is 24.2 Å². The maximum absolute atomic E-state index is 12.6. The Morgan fingerprint density at radius 3 is 2.32 bits per heavy atom. The van der Waals surface area contributed by atoms with Crippen LogP contribution in [0.2, 0.25) is 0 Å². The highest BCUT2D eigenvalue weighted by molar-refractivity contribution is 7.92. The van der Waals surface area contributed by atoms with Gasteiger partial charge in [0.25, 0.3) is 0 Å². The Labute approximate surface area is 185 Å². The molecule has 2 aromatic rings. The first-order valence-electron chi connectivity index (χ1n) is 10.7. The van der Waals surface area contributed by atoms with E-state index in [-0.39, 0.29) is 11.8 Å². The molecule has 166 valence electrons. The van der Waals surface area contributed by atoms with Crippen LogP contribution in [0.3, 0.4) is 0 Å². The van der Waals surface area contributed by atoms with Crippen LogP contribution in [0.15, 0.2) is 66.1 Å². The minimum atomic E-state index is -3.47. The van der Waals surface area contributed by atoms with E-state index in [1.54, 1.807) is 6.08 Å². The molecule has 0 aliphatic carbocycles.